The first-order valence-corrected chi connectivity index (χ1v) is 17.0. The number of phosphoric acid groups is 1. The summed E-state index contributed by atoms with van der Waals surface area (Å²) in [6.45, 7) is -4.90. The molecule has 2 saturated heterocycles. The predicted molar refractivity (Wildman–Crippen MR) is 141 cm³/mol. The molecule has 5 rings (SSSR count). The number of nitrogens with zero attached hydrogens (tertiary/aromatic N) is 3. The lowest BCUT2D eigenvalue weighted by atomic mass is 9.87. The van der Waals surface area contributed by atoms with Crippen molar-refractivity contribution in [3.05, 3.63) is 11.2 Å². The molecule has 4 heterocycles. The van der Waals surface area contributed by atoms with E-state index in [-0.39, 0.29) is 5.82 Å². The van der Waals surface area contributed by atoms with Gasteiger partial charge in [-0.15, -0.1) is 0 Å². The van der Waals surface area contributed by atoms with Crippen molar-refractivity contribution in [1.29, 1.82) is 0 Å². The van der Waals surface area contributed by atoms with Crippen LogP contribution in [0, 0.1) is 11.8 Å². The molecule has 2 aromatic heterocycles. The van der Waals surface area contributed by atoms with Crippen molar-refractivity contribution >= 4 is 54.7 Å². The van der Waals surface area contributed by atoms with Gasteiger partial charge in [0, 0.05) is 0 Å². The number of aliphatic hydroxyl groups is 5. The van der Waals surface area contributed by atoms with Gasteiger partial charge in [-0.25, -0.2) is 23.2 Å². The number of fused-ring (bicyclic) bond motifs is 2. The average Bonchev–Trinajstić information content (AvgIpc) is 3.44. The van der Waals surface area contributed by atoms with Crippen LogP contribution in [0.25, 0.3) is 11.0 Å². The SMILES string of the molecule is C[C@@]1(N)[C@H](O)[C@@H](COP(O)(=S)OP(=O)(O)OC2OC3(O)C2C(O)C(O)C3[C@@H](F)CO)O[C@H]1c1snc2c(N)ncnc12. The van der Waals surface area contributed by atoms with Gasteiger partial charge >= 0.3 is 14.5 Å². The molecule has 0 amide bonds. The van der Waals surface area contributed by atoms with E-state index in [4.69, 9.17) is 46.9 Å². The van der Waals surface area contributed by atoms with Crippen molar-refractivity contribution in [3.63, 3.8) is 0 Å². The van der Waals surface area contributed by atoms with E-state index in [1.165, 1.54) is 13.3 Å². The zero-order chi connectivity index (χ0) is 31.0. The summed E-state index contributed by atoms with van der Waals surface area (Å²) in [4.78, 5) is 29.0. The summed E-state index contributed by atoms with van der Waals surface area (Å²) in [6.07, 6.45) is -10.3. The highest BCUT2D eigenvalue weighted by molar-refractivity contribution is 8.08. The Morgan fingerprint density at radius 3 is 2.62 bits per heavy atom. The molecule has 0 spiro atoms. The highest BCUT2D eigenvalue weighted by atomic mass is 32.5. The molecule has 11 N–H and O–H groups in total. The Balaban J connectivity index is 1.22. The van der Waals surface area contributed by atoms with Gasteiger partial charge in [0.05, 0.1) is 47.7 Å². The summed E-state index contributed by atoms with van der Waals surface area (Å²) in [5.41, 5.74) is 11.4. The molecule has 0 radical (unpaired) electrons. The fourth-order valence-electron chi connectivity index (χ4n) is 5.38. The Morgan fingerprint density at radius 1 is 1.26 bits per heavy atom. The largest absolute Gasteiger partial charge is 0.481 e. The summed E-state index contributed by atoms with van der Waals surface area (Å²) in [7, 11) is -5.36. The van der Waals surface area contributed by atoms with Gasteiger partial charge < -0.3 is 60.8 Å². The number of nitrogen functional groups attached to an aromatic ring is 1. The second kappa shape index (κ2) is 11.1. The molecule has 13 atom stereocenters. The summed E-state index contributed by atoms with van der Waals surface area (Å²) < 4.78 is 56.2. The molecular weight excluding hydrogens is 651 g/mol. The van der Waals surface area contributed by atoms with Gasteiger partial charge in [0.1, 0.15) is 41.8 Å². The van der Waals surface area contributed by atoms with E-state index in [1.54, 1.807) is 0 Å². The van der Waals surface area contributed by atoms with Gasteiger partial charge in [-0.1, -0.05) is 0 Å². The molecule has 42 heavy (non-hydrogen) atoms. The normalized spacial score (nSPS) is 41.7. The highest BCUT2D eigenvalue weighted by Crippen LogP contribution is 2.65. The van der Waals surface area contributed by atoms with Crippen LogP contribution in [0.3, 0.4) is 0 Å². The summed E-state index contributed by atoms with van der Waals surface area (Å²) in [6, 6.07) is 0. The van der Waals surface area contributed by atoms with E-state index in [2.05, 4.69) is 18.7 Å². The highest BCUT2D eigenvalue weighted by Gasteiger charge is 2.74. The quantitative estimate of drug-likeness (QED) is 0.121. The van der Waals surface area contributed by atoms with Gasteiger partial charge in [-0.2, -0.15) is 4.37 Å². The van der Waals surface area contributed by atoms with Crippen LogP contribution in [-0.2, 0) is 39.2 Å². The smallest absolute Gasteiger partial charge is 0.393 e. The molecule has 3 fully saturated rings. The number of hydrogen-bond donors (Lipinski definition) is 9. The maximum Gasteiger partial charge on any atom is 0.481 e. The molecule has 23 heteroatoms. The van der Waals surface area contributed by atoms with E-state index < -0.39 is 93.9 Å². The monoisotopic (exact) mass is 679 g/mol. The second-order valence-electron chi connectivity index (χ2n) is 10.3. The zero-order valence-corrected chi connectivity index (χ0v) is 24.8. The standard InChI is InChI=1S/C19H28FN5O13P2S2/c1-18(22)14(29)6(35-15(18)13-9-10(25-42-13)16(21)24-4-23-9)3-34-40(33,41)38-39(31,32)37-17-8-12(28)11(27)7(5(20)2-26)19(8,30)36-17/h4-8,11-12,14-15,17,26-30H,2-3,22H2,1H3,(H,31,32)(H,33,41)(H2,21,23,24)/t5-,6+,7?,8?,11?,12?,14+,15-,17?,18+,19?,40?/m0/s1. The van der Waals surface area contributed by atoms with Crippen LogP contribution in [-0.4, -0.2) is 111 Å². The number of phosphoric ester groups is 1. The lowest BCUT2D eigenvalue weighted by Crippen LogP contribution is -2.64. The molecule has 18 nitrogen and oxygen atoms in total. The Hall–Kier alpha value is -0.940. The molecule has 1 saturated carbocycles. The van der Waals surface area contributed by atoms with Gasteiger partial charge in [0.15, 0.2) is 17.9 Å². The van der Waals surface area contributed by atoms with E-state index in [1.807, 2.05) is 0 Å². The minimum Gasteiger partial charge on any atom is -0.393 e. The molecule has 0 bridgehead atoms. The number of alkyl halides is 1. The predicted octanol–water partition coefficient (Wildman–Crippen LogP) is -2.10. The number of nitrogens with two attached hydrogens (primary N) is 2. The van der Waals surface area contributed by atoms with Crippen LogP contribution >= 0.6 is 26.1 Å². The van der Waals surface area contributed by atoms with Crippen molar-refractivity contribution in [2.45, 2.75) is 61.2 Å². The van der Waals surface area contributed by atoms with Crippen molar-refractivity contribution in [2.24, 2.45) is 17.6 Å². The van der Waals surface area contributed by atoms with E-state index in [9.17, 15) is 39.2 Å². The molecule has 0 aromatic carbocycles. The first kappa shape index (κ1) is 32.5. The van der Waals surface area contributed by atoms with Crippen molar-refractivity contribution in [3.8, 4) is 0 Å². The number of anilines is 1. The maximum atomic E-state index is 14.1. The van der Waals surface area contributed by atoms with Crippen LogP contribution in [0.4, 0.5) is 10.2 Å². The average molecular weight is 680 g/mol. The number of ether oxygens (including phenoxy) is 2. The third-order valence-corrected chi connectivity index (χ3v) is 11.9. The minimum atomic E-state index is -5.36. The maximum absolute atomic E-state index is 14.1. The molecule has 3 aliphatic rings. The fourth-order valence-corrected chi connectivity index (χ4v) is 9.49. The van der Waals surface area contributed by atoms with Gasteiger partial charge in [0.2, 0.25) is 0 Å². The lowest BCUT2D eigenvalue weighted by molar-refractivity contribution is -0.426. The van der Waals surface area contributed by atoms with Gasteiger partial charge in [-0.3, -0.25) is 4.52 Å². The number of hydrogen-bond acceptors (Lipinski definition) is 18. The molecular formula is C19H28FN5O13P2S2. The fraction of sp³-hybridized carbons (Fsp3) is 0.737. The topological polar surface area (TPSA) is 296 Å². The van der Waals surface area contributed by atoms with Crippen LogP contribution in [0.2, 0.25) is 0 Å². The second-order valence-corrected chi connectivity index (χ2v) is 15.4. The van der Waals surface area contributed by atoms with E-state index in [0.29, 0.717) is 15.9 Å². The van der Waals surface area contributed by atoms with Gasteiger partial charge in [0.25, 0.3) is 0 Å². The van der Waals surface area contributed by atoms with E-state index in [0.717, 1.165) is 11.5 Å². The van der Waals surface area contributed by atoms with Crippen LogP contribution in [0.1, 0.15) is 17.9 Å². The summed E-state index contributed by atoms with van der Waals surface area (Å²) in [5, 5.41) is 50.7. The summed E-state index contributed by atoms with van der Waals surface area (Å²) in [5.74, 6) is -5.84. The van der Waals surface area contributed by atoms with Crippen molar-refractivity contribution in [2.75, 3.05) is 18.9 Å². The Morgan fingerprint density at radius 2 is 1.95 bits per heavy atom. The molecule has 8 unspecified atom stereocenters. The third-order valence-electron chi connectivity index (χ3n) is 7.47. The first-order valence-electron chi connectivity index (χ1n) is 12.1. The Bertz CT molecular complexity index is 1440. The van der Waals surface area contributed by atoms with Gasteiger partial charge in [-0.05, 0) is 30.3 Å². The molecule has 2 aromatic rings. The molecule has 236 valence electrons. The Kier molecular flexibility index (Phi) is 8.61. The van der Waals surface area contributed by atoms with Crippen molar-refractivity contribution < 1.29 is 67.1 Å². The number of aromatic nitrogens is 3. The zero-order valence-electron chi connectivity index (χ0n) is 21.4. The number of rotatable bonds is 10. The third kappa shape index (κ3) is 5.43. The Labute approximate surface area is 245 Å². The lowest BCUT2D eigenvalue weighted by Gasteiger charge is -2.49. The molecule has 1 aliphatic carbocycles. The number of aliphatic hydroxyl groups excluding tert-OH is 4. The van der Waals surface area contributed by atoms with E-state index >= 15 is 0 Å². The van der Waals surface area contributed by atoms with Crippen molar-refractivity contribution in [1.82, 2.24) is 14.3 Å². The van der Waals surface area contributed by atoms with Crippen LogP contribution < -0.4 is 11.5 Å². The summed E-state index contributed by atoms with van der Waals surface area (Å²) >= 11 is 5.76. The number of halogens is 1. The first-order chi connectivity index (χ1) is 19.4. The minimum absolute atomic E-state index is 0.126. The van der Waals surface area contributed by atoms with Crippen LogP contribution in [0.5, 0.6) is 0 Å². The van der Waals surface area contributed by atoms with Crippen LogP contribution in [0.15, 0.2) is 6.33 Å². The molecule has 2 aliphatic heterocycles.